The molecule has 0 spiro atoms. The van der Waals surface area contributed by atoms with Crippen LogP contribution in [-0.4, -0.2) is 9.78 Å². The van der Waals surface area contributed by atoms with Gasteiger partial charge in [0.1, 0.15) is 0 Å². The van der Waals surface area contributed by atoms with Gasteiger partial charge in [0.05, 0.1) is 18.2 Å². The standard InChI is InChI=1S/C19H23N3O/c1-13(2)12-22-19(23)17(9-10-20)11-18(21-22)16-7-5-15(6-8-16)14(3)4/h5-8,11,13-14H,9,12H2,1-4H3. The Morgan fingerprint density at radius 1 is 1.17 bits per heavy atom. The molecule has 1 aromatic carbocycles. The lowest BCUT2D eigenvalue weighted by Gasteiger charge is -2.12. The molecule has 1 heterocycles. The van der Waals surface area contributed by atoms with Crippen LogP contribution >= 0.6 is 0 Å². The van der Waals surface area contributed by atoms with E-state index in [2.05, 4.69) is 37.1 Å². The van der Waals surface area contributed by atoms with Crippen molar-refractivity contribution in [2.24, 2.45) is 5.92 Å². The summed E-state index contributed by atoms with van der Waals surface area (Å²) in [5.74, 6) is 0.787. The van der Waals surface area contributed by atoms with Crippen LogP contribution in [0, 0.1) is 17.2 Å². The highest BCUT2D eigenvalue weighted by molar-refractivity contribution is 5.59. The third-order valence-electron chi connectivity index (χ3n) is 3.73. The summed E-state index contributed by atoms with van der Waals surface area (Å²) in [7, 11) is 0. The summed E-state index contributed by atoms with van der Waals surface area (Å²) in [4.78, 5) is 12.4. The molecule has 0 saturated carbocycles. The fourth-order valence-corrected chi connectivity index (χ4v) is 2.46. The van der Waals surface area contributed by atoms with E-state index in [0.29, 0.717) is 23.9 Å². The Morgan fingerprint density at radius 2 is 1.83 bits per heavy atom. The minimum absolute atomic E-state index is 0.108. The second-order valence-corrected chi connectivity index (χ2v) is 6.55. The van der Waals surface area contributed by atoms with Gasteiger partial charge in [-0.2, -0.15) is 10.4 Å². The molecule has 120 valence electrons. The van der Waals surface area contributed by atoms with E-state index in [1.165, 1.54) is 10.2 Å². The van der Waals surface area contributed by atoms with Crippen LogP contribution in [-0.2, 0) is 13.0 Å². The number of hydrogen-bond acceptors (Lipinski definition) is 3. The van der Waals surface area contributed by atoms with Crippen LogP contribution < -0.4 is 5.56 Å². The summed E-state index contributed by atoms with van der Waals surface area (Å²) in [5, 5.41) is 13.5. The van der Waals surface area contributed by atoms with Crippen LogP contribution in [0.1, 0.15) is 44.7 Å². The first-order chi connectivity index (χ1) is 10.9. The van der Waals surface area contributed by atoms with Crippen molar-refractivity contribution in [2.45, 2.75) is 46.6 Å². The number of nitriles is 1. The highest BCUT2D eigenvalue weighted by Crippen LogP contribution is 2.21. The van der Waals surface area contributed by atoms with Crippen molar-refractivity contribution in [3.05, 3.63) is 51.8 Å². The lowest BCUT2D eigenvalue weighted by atomic mass is 10.0. The molecule has 4 heteroatoms. The van der Waals surface area contributed by atoms with Crippen LogP contribution in [0.4, 0.5) is 0 Å². The molecule has 1 aromatic heterocycles. The van der Waals surface area contributed by atoms with Crippen LogP contribution in [0.2, 0.25) is 0 Å². The third-order valence-corrected chi connectivity index (χ3v) is 3.73. The molecule has 2 rings (SSSR count). The minimum atomic E-state index is -0.164. The van der Waals surface area contributed by atoms with Crippen LogP contribution in [0.3, 0.4) is 0 Å². The first kappa shape index (κ1) is 17.0. The van der Waals surface area contributed by atoms with E-state index in [4.69, 9.17) is 5.26 Å². The van der Waals surface area contributed by atoms with Gasteiger partial charge in [0.25, 0.3) is 5.56 Å². The second kappa shape index (κ2) is 7.23. The quantitative estimate of drug-likeness (QED) is 0.845. The summed E-state index contributed by atoms with van der Waals surface area (Å²) < 4.78 is 1.49. The zero-order chi connectivity index (χ0) is 17.0. The SMILES string of the molecule is CC(C)Cn1nc(-c2ccc(C(C)C)cc2)cc(CC#N)c1=O. The summed E-state index contributed by atoms with van der Waals surface area (Å²) in [5.41, 5.74) is 3.31. The molecule has 0 fully saturated rings. The molecule has 0 aliphatic heterocycles. The van der Waals surface area contributed by atoms with E-state index in [-0.39, 0.29) is 12.0 Å². The smallest absolute Gasteiger partial charge is 0.267 e. The predicted molar refractivity (Wildman–Crippen MR) is 92.2 cm³/mol. The van der Waals surface area contributed by atoms with Crippen molar-refractivity contribution < 1.29 is 0 Å². The zero-order valence-corrected chi connectivity index (χ0v) is 14.2. The number of benzene rings is 1. The summed E-state index contributed by atoms with van der Waals surface area (Å²) in [6, 6.07) is 12.0. The average molecular weight is 309 g/mol. The molecule has 2 aromatic rings. The van der Waals surface area contributed by atoms with Gasteiger partial charge in [-0.25, -0.2) is 4.68 Å². The van der Waals surface area contributed by atoms with Crippen LogP contribution in [0.5, 0.6) is 0 Å². The van der Waals surface area contributed by atoms with E-state index in [1.54, 1.807) is 6.07 Å². The number of nitrogens with zero attached hydrogens (tertiary/aromatic N) is 3. The van der Waals surface area contributed by atoms with Crippen molar-refractivity contribution in [1.29, 1.82) is 5.26 Å². The average Bonchev–Trinajstić information content (AvgIpc) is 2.51. The molecule has 0 atom stereocenters. The Bertz CT molecular complexity index is 765. The molecule has 0 bridgehead atoms. The topological polar surface area (TPSA) is 58.7 Å². The van der Waals surface area contributed by atoms with Gasteiger partial charge in [-0.05, 0) is 23.5 Å². The molecule has 0 N–H and O–H groups in total. The normalized spacial score (nSPS) is 11.0. The molecule has 0 aliphatic rings. The lowest BCUT2D eigenvalue weighted by Crippen LogP contribution is -2.28. The Kier molecular flexibility index (Phi) is 5.33. The van der Waals surface area contributed by atoms with Crippen molar-refractivity contribution in [3.8, 4) is 17.3 Å². The van der Waals surface area contributed by atoms with Crippen LogP contribution in [0.15, 0.2) is 35.1 Å². The Hall–Kier alpha value is -2.41. The van der Waals surface area contributed by atoms with Crippen molar-refractivity contribution in [3.63, 3.8) is 0 Å². The van der Waals surface area contributed by atoms with E-state index >= 15 is 0 Å². The molecule has 0 unspecified atom stereocenters. The monoisotopic (exact) mass is 309 g/mol. The summed E-state index contributed by atoms with van der Waals surface area (Å²) in [6.07, 6.45) is 0.108. The zero-order valence-electron chi connectivity index (χ0n) is 14.2. The Morgan fingerprint density at radius 3 is 2.35 bits per heavy atom. The van der Waals surface area contributed by atoms with E-state index in [1.807, 2.05) is 26.0 Å². The van der Waals surface area contributed by atoms with E-state index in [9.17, 15) is 4.79 Å². The van der Waals surface area contributed by atoms with Crippen molar-refractivity contribution >= 4 is 0 Å². The third kappa shape index (κ3) is 4.07. The van der Waals surface area contributed by atoms with Gasteiger partial charge in [-0.15, -0.1) is 0 Å². The molecule has 4 nitrogen and oxygen atoms in total. The van der Waals surface area contributed by atoms with Gasteiger partial charge in [0.2, 0.25) is 0 Å². The van der Waals surface area contributed by atoms with Gasteiger partial charge in [0, 0.05) is 17.7 Å². The molecule has 0 saturated heterocycles. The molecule has 23 heavy (non-hydrogen) atoms. The van der Waals surface area contributed by atoms with Gasteiger partial charge >= 0.3 is 0 Å². The van der Waals surface area contributed by atoms with Crippen molar-refractivity contribution in [2.75, 3.05) is 0 Å². The first-order valence-electron chi connectivity index (χ1n) is 8.00. The van der Waals surface area contributed by atoms with Gasteiger partial charge in [-0.3, -0.25) is 4.79 Å². The maximum absolute atomic E-state index is 12.4. The van der Waals surface area contributed by atoms with E-state index in [0.717, 1.165) is 11.3 Å². The van der Waals surface area contributed by atoms with Crippen LogP contribution in [0.25, 0.3) is 11.3 Å². The van der Waals surface area contributed by atoms with E-state index < -0.39 is 0 Å². The largest absolute Gasteiger partial charge is 0.271 e. The maximum Gasteiger partial charge on any atom is 0.271 e. The molecule has 0 amide bonds. The Balaban J connectivity index is 2.51. The first-order valence-corrected chi connectivity index (χ1v) is 8.00. The second-order valence-electron chi connectivity index (χ2n) is 6.55. The number of aromatic nitrogens is 2. The van der Waals surface area contributed by atoms with Gasteiger partial charge in [-0.1, -0.05) is 52.0 Å². The van der Waals surface area contributed by atoms with Crippen molar-refractivity contribution in [1.82, 2.24) is 9.78 Å². The highest BCUT2D eigenvalue weighted by Gasteiger charge is 2.11. The Labute approximate surface area is 137 Å². The summed E-state index contributed by atoms with van der Waals surface area (Å²) >= 11 is 0. The fourth-order valence-electron chi connectivity index (χ4n) is 2.46. The lowest BCUT2D eigenvalue weighted by molar-refractivity contribution is 0.463. The predicted octanol–water partition coefficient (Wildman–Crippen LogP) is 3.76. The van der Waals surface area contributed by atoms with Gasteiger partial charge in [0.15, 0.2) is 0 Å². The molecule has 0 aliphatic carbocycles. The molecular formula is C19H23N3O. The number of hydrogen-bond donors (Lipinski definition) is 0. The fraction of sp³-hybridized carbons (Fsp3) is 0.421. The minimum Gasteiger partial charge on any atom is -0.267 e. The molecule has 0 radical (unpaired) electrons. The maximum atomic E-state index is 12.4. The molecular weight excluding hydrogens is 286 g/mol. The summed E-state index contributed by atoms with van der Waals surface area (Å²) in [6.45, 7) is 8.95. The van der Waals surface area contributed by atoms with Gasteiger partial charge < -0.3 is 0 Å². The highest BCUT2D eigenvalue weighted by atomic mass is 16.1. The number of rotatable bonds is 5.